The Labute approximate surface area is 380 Å². The van der Waals surface area contributed by atoms with Crippen LogP contribution in [0.3, 0.4) is 0 Å². The number of rotatable bonds is 22. The number of nitrogens with zero attached hydrogens (tertiary/aromatic N) is 6. The summed E-state index contributed by atoms with van der Waals surface area (Å²) in [7, 11) is 1.61. The summed E-state index contributed by atoms with van der Waals surface area (Å²) < 4.78 is 37.8. The number of carbonyl (C=O) groups is 2. The van der Waals surface area contributed by atoms with Crippen LogP contribution in [0.15, 0.2) is 122 Å². The lowest BCUT2D eigenvalue weighted by Gasteiger charge is -2.37. The minimum atomic E-state index is -1.26. The number of nitriles is 1. The number of imidazole rings is 1. The van der Waals surface area contributed by atoms with Gasteiger partial charge in [0.15, 0.2) is 23.2 Å². The molecule has 1 saturated heterocycles. The van der Waals surface area contributed by atoms with Crippen molar-refractivity contribution in [3.8, 4) is 11.8 Å². The number of non-ortho nitro benzene ring substituents is 1. The molecule has 0 saturated carbocycles. The third-order valence-corrected chi connectivity index (χ3v) is 11.1. The van der Waals surface area contributed by atoms with Gasteiger partial charge < -0.3 is 33.5 Å². The molecule has 66 heavy (non-hydrogen) atoms. The molecule has 2 aromatic heterocycles. The Bertz CT molecular complexity index is 2530. The van der Waals surface area contributed by atoms with E-state index in [-0.39, 0.29) is 67.9 Å². The topological polar surface area (TPSA) is 232 Å². The number of hydrogen-bond donors (Lipinski definition) is 2. The molecule has 3 heterocycles. The first-order valence-corrected chi connectivity index (χ1v) is 21.4. The maximum absolute atomic E-state index is 12.9. The predicted molar refractivity (Wildman–Crippen MR) is 238 cm³/mol. The van der Waals surface area contributed by atoms with Crippen molar-refractivity contribution in [2.45, 2.75) is 68.7 Å². The number of aliphatic hydroxyl groups is 1. The summed E-state index contributed by atoms with van der Waals surface area (Å²) in [5.74, 6) is 0.368. The van der Waals surface area contributed by atoms with E-state index in [4.69, 9.17) is 33.7 Å². The molecule has 0 bridgehead atoms. The van der Waals surface area contributed by atoms with Crippen molar-refractivity contribution in [1.29, 1.82) is 5.26 Å². The zero-order valence-corrected chi connectivity index (χ0v) is 36.1. The molecule has 1 amide bonds. The van der Waals surface area contributed by atoms with E-state index in [1.54, 1.807) is 23.8 Å². The van der Waals surface area contributed by atoms with Gasteiger partial charge in [-0.1, -0.05) is 91.3 Å². The standard InChI is InChI=1S/C48H49N7O11/c1-61-38-23-19-36(20-24-38)48(34-12-5-2-6-13-34,35-14-7-3-8-15-35)65-30-39-43(63-27-10-4-9-16-40(56)62-28-11-26-49)42(57)46(66-39)54-32-52-41-44(50-31-51-45(41)54)53-47(58)64-29-25-33-17-21-37(22-18-33)55(59)60/h2-3,5-8,12-15,17-24,31-32,39,42-43,46,57H,4,9-11,16,25,27-30H2,1H3,(H,50,51,53,58)/t39-,42-,43-,46-/m1/s1. The lowest BCUT2D eigenvalue weighted by molar-refractivity contribution is -0.384. The smallest absolute Gasteiger partial charge is 0.412 e. The van der Waals surface area contributed by atoms with Crippen LogP contribution in [-0.2, 0) is 40.5 Å². The number of aromatic nitrogens is 4. The molecule has 0 unspecified atom stereocenters. The van der Waals surface area contributed by atoms with Crippen LogP contribution in [-0.4, -0.2) is 93.5 Å². The van der Waals surface area contributed by atoms with Crippen LogP contribution < -0.4 is 10.1 Å². The minimum Gasteiger partial charge on any atom is -0.497 e. The number of carbonyl (C=O) groups excluding carboxylic acids is 2. The molecule has 1 aliphatic rings. The molecule has 2 N–H and O–H groups in total. The number of nitro benzene ring substituents is 1. The number of ether oxygens (including phenoxy) is 6. The number of nitrogens with one attached hydrogen (secondary N) is 1. The van der Waals surface area contributed by atoms with E-state index in [2.05, 4.69) is 20.3 Å². The van der Waals surface area contributed by atoms with Crippen LogP contribution in [0.5, 0.6) is 5.75 Å². The van der Waals surface area contributed by atoms with Crippen molar-refractivity contribution in [1.82, 2.24) is 19.5 Å². The molecule has 7 rings (SSSR count). The second kappa shape index (κ2) is 22.5. The molecular formula is C48H49N7O11. The Morgan fingerprint density at radius 2 is 1.58 bits per heavy atom. The molecule has 18 nitrogen and oxygen atoms in total. The highest BCUT2D eigenvalue weighted by molar-refractivity contribution is 5.93. The SMILES string of the molecule is COc1ccc(C(OC[C@H]2O[C@@H](n3cnc4c(NC(=O)OCCc5ccc([N+](=O)[O-])cc5)ncnc43)[C@H](O)[C@@H]2OCCCCCC(=O)OCCC#N)(c2ccccc2)c2ccccc2)cc1. The van der Waals surface area contributed by atoms with Crippen LogP contribution in [0.2, 0.25) is 0 Å². The van der Waals surface area contributed by atoms with Gasteiger partial charge in [0.25, 0.3) is 5.69 Å². The summed E-state index contributed by atoms with van der Waals surface area (Å²) in [5.41, 5.74) is 2.53. The summed E-state index contributed by atoms with van der Waals surface area (Å²) in [4.78, 5) is 48.6. The summed E-state index contributed by atoms with van der Waals surface area (Å²) in [6.07, 6.45) is 0.217. The van der Waals surface area contributed by atoms with E-state index in [0.717, 1.165) is 22.3 Å². The van der Waals surface area contributed by atoms with Crippen molar-refractivity contribution < 1.29 is 48.0 Å². The first kappa shape index (κ1) is 46.7. The van der Waals surface area contributed by atoms with E-state index >= 15 is 0 Å². The zero-order chi connectivity index (χ0) is 46.3. The Balaban J connectivity index is 1.11. The largest absolute Gasteiger partial charge is 0.497 e. The lowest BCUT2D eigenvalue weighted by Crippen LogP contribution is -2.41. The van der Waals surface area contributed by atoms with Crippen LogP contribution in [0.25, 0.3) is 11.2 Å². The van der Waals surface area contributed by atoms with Gasteiger partial charge in [-0.2, -0.15) is 5.26 Å². The highest BCUT2D eigenvalue weighted by Crippen LogP contribution is 2.43. The van der Waals surface area contributed by atoms with Crippen molar-refractivity contribution in [3.63, 3.8) is 0 Å². The van der Waals surface area contributed by atoms with Crippen LogP contribution in [0.4, 0.5) is 16.3 Å². The van der Waals surface area contributed by atoms with Gasteiger partial charge in [0.05, 0.1) is 44.1 Å². The number of esters is 1. The van der Waals surface area contributed by atoms with E-state index < -0.39 is 41.2 Å². The number of amides is 1. The number of nitro groups is 1. The average molecular weight is 900 g/mol. The Morgan fingerprint density at radius 1 is 0.879 bits per heavy atom. The van der Waals surface area contributed by atoms with Crippen molar-refractivity contribution in [3.05, 3.63) is 154 Å². The Morgan fingerprint density at radius 3 is 2.24 bits per heavy atom. The number of fused-ring (bicyclic) bond motifs is 1. The van der Waals surface area contributed by atoms with Gasteiger partial charge in [0, 0.05) is 31.6 Å². The van der Waals surface area contributed by atoms with Gasteiger partial charge >= 0.3 is 12.1 Å². The average Bonchev–Trinajstić information content (AvgIpc) is 3.91. The maximum atomic E-state index is 12.9. The van der Waals surface area contributed by atoms with Gasteiger partial charge in [0.2, 0.25) is 0 Å². The quantitative estimate of drug-likeness (QED) is 0.0225. The van der Waals surface area contributed by atoms with Gasteiger partial charge in [-0.15, -0.1) is 0 Å². The Kier molecular flexibility index (Phi) is 16.0. The monoisotopic (exact) mass is 899 g/mol. The molecule has 0 aliphatic carbocycles. The Hall–Kier alpha value is -7.30. The van der Waals surface area contributed by atoms with E-state index in [1.807, 2.05) is 91.0 Å². The fourth-order valence-electron chi connectivity index (χ4n) is 7.78. The fourth-order valence-corrected chi connectivity index (χ4v) is 7.78. The lowest BCUT2D eigenvalue weighted by atomic mass is 9.80. The van der Waals surface area contributed by atoms with E-state index in [0.29, 0.717) is 31.4 Å². The number of unbranched alkanes of at least 4 members (excludes halogenated alkanes) is 2. The second-order valence-electron chi connectivity index (χ2n) is 15.3. The fraction of sp³-hybridized carbons (Fsp3) is 0.333. The summed E-state index contributed by atoms with van der Waals surface area (Å²) in [5, 5.41) is 34.4. The molecule has 4 aromatic carbocycles. The summed E-state index contributed by atoms with van der Waals surface area (Å²) in [6, 6.07) is 35.2. The molecule has 0 radical (unpaired) electrons. The number of benzene rings is 4. The molecule has 4 atom stereocenters. The summed E-state index contributed by atoms with van der Waals surface area (Å²) in [6.45, 7) is 0.228. The molecular weight excluding hydrogens is 851 g/mol. The molecule has 342 valence electrons. The molecule has 18 heteroatoms. The van der Waals surface area contributed by atoms with Gasteiger partial charge in [-0.3, -0.25) is 24.8 Å². The third kappa shape index (κ3) is 11.1. The van der Waals surface area contributed by atoms with E-state index in [9.17, 15) is 24.8 Å². The van der Waals surface area contributed by atoms with E-state index in [1.165, 1.54) is 24.8 Å². The van der Waals surface area contributed by atoms with Gasteiger partial charge in [-0.05, 0) is 47.2 Å². The van der Waals surface area contributed by atoms with Crippen molar-refractivity contribution in [2.75, 3.05) is 38.9 Å². The normalized spacial score (nSPS) is 16.9. The number of hydrogen-bond acceptors (Lipinski definition) is 15. The van der Waals surface area contributed by atoms with Crippen molar-refractivity contribution in [2.24, 2.45) is 0 Å². The van der Waals surface area contributed by atoms with Crippen LogP contribution in [0, 0.1) is 21.4 Å². The highest BCUT2D eigenvalue weighted by atomic mass is 16.6. The third-order valence-electron chi connectivity index (χ3n) is 11.1. The second-order valence-corrected chi connectivity index (χ2v) is 15.3. The van der Waals surface area contributed by atoms with Crippen LogP contribution >= 0.6 is 0 Å². The first-order valence-electron chi connectivity index (χ1n) is 21.4. The summed E-state index contributed by atoms with van der Waals surface area (Å²) >= 11 is 0. The van der Waals surface area contributed by atoms with Gasteiger partial charge in [0.1, 0.15) is 42.6 Å². The van der Waals surface area contributed by atoms with Gasteiger partial charge in [-0.25, -0.2) is 19.7 Å². The first-order chi connectivity index (χ1) is 32.2. The minimum absolute atomic E-state index is 0.0105. The number of aliphatic hydroxyl groups excluding tert-OH is 1. The van der Waals surface area contributed by atoms with Crippen LogP contribution in [0.1, 0.15) is 60.6 Å². The highest BCUT2D eigenvalue weighted by Gasteiger charge is 2.48. The van der Waals surface area contributed by atoms with Crippen molar-refractivity contribution >= 4 is 34.7 Å². The molecule has 6 aromatic rings. The predicted octanol–water partition coefficient (Wildman–Crippen LogP) is 7.20. The number of methoxy groups -OCH3 is 1. The zero-order valence-electron chi connectivity index (χ0n) is 36.1. The number of anilines is 1. The molecule has 0 spiro atoms. The molecule has 1 aliphatic heterocycles. The maximum Gasteiger partial charge on any atom is 0.412 e. The molecule has 1 fully saturated rings.